The third-order valence-corrected chi connectivity index (χ3v) is 3.17. The molecule has 0 radical (unpaired) electrons. The van der Waals surface area contributed by atoms with Crippen LogP contribution in [0.15, 0.2) is 4.42 Å². The standard InChI is InChI=1S/C11H20N4O/c1-2-15(9-5-3-4-6-9)11-14-13-10(16-11)7-8-12/h9H,2-8,12H2,1H3. The Morgan fingerprint density at radius 1 is 1.38 bits per heavy atom. The zero-order valence-corrected chi connectivity index (χ0v) is 9.85. The largest absolute Gasteiger partial charge is 0.408 e. The van der Waals surface area contributed by atoms with Gasteiger partial charge in [0.25, 0.3) is 0 Å². The van der Waals surface area contributed by atoms with E-state index < -0.39 is 0 Å². The molecular formula is C11H20N4O. The molecule has 90 valence electrons. The maximum Gasteiger partial charge on any atom is 0.318 e. The molecule has 0 aliphatic heterocycles. The quantitative estimate of drug-likeness (QED) is 0.817. The minimum absolute atomic E-state index is 0.553. The molecule has 1 aromatic heterocycles. The Kier molecular flexibility index (Phi) is 3.77. The molecule has 5 nitrogen and oxygen atoms in total. The molecule has 5 heteroatoms. The van der Waals surface area contributed by atoms with Crippen LogP contribution >= 0.6 is 0 Å². The van der Waals surface area contributed by atoms with E-state index in [4.69, 9.17) is 10.2 Å². The highest BCUT2D eigenvalue weighted by Crippen LogP contribution is 2.27. The van der Waals surface area contributed by atoms with E-state index in [-0.39, 0.29) is 0 Å². The lowest BCUT2D eigenvalue weighted by Gasteiger charge is -2.24. The van der Waals surface area contributed by atoms with Gasteiger partial charge in [-0.3, -0.25) is 0 Å². The van der Waals surface area contributed by atoms with Gasteiger partial charge in [0, 0.05) is 25.6 Å². The van der Waals surface area contributed by atoms with Gasteiger partial charge in [-0.15, -0.1) is 5.10 Å². The third kappa shape index (κ3) is 2.35. The van der Waals surface area contributed by atoms with Crippen molar-refractivity contribution in [3.63, 3.8) is 0 Å². The van der Waals surface area contributed by atoms with E-state index in [1.165, 1.54) is 25.7 Å². The highest BCUT2D eigenvalue weighted by atomic mass is 16.4. The molecule has 2 rings (SSSR count). The minimum Gasteiger partial charge on any atom is -0.408 e. The molecule has 16 heavy (non-hydrogen) atoms. The van der Waals surface area contributed by atoms with E-state index in [9.17, 15) is 0 Å². The molecular weight excluding hydrogens is 204 g/mol. The highest BCUT2D eigenvalue weighted by molar-refractivity contribution is 5.26. The zero-order chi connectivity index (χ0) is 11.4. The van der Waals surface area contributed by atoms with Gasteiger partial charge in [-0.1, -0.05) is 17.9 Å². The summed E-state index contributed by atoms with van der Waals surface area (Å²) in [5, 5.41) is 8.11. The van der Waals surface area contributed by atoms with Gasteiger partial charge in [0.2, 0.25) is 5.89 Å². The van der Waals surface area contributed by atoms with Crippen molar-refractivity contribution >= 4 is 6.01 Å². The Morgan fingerprint density at radius 2 is 2.12 bits per heavy atom. The Bertz CT molecular complexity index is 320. The summed E-state index contributed by atoms with van der Waals surface area (Å²) in [6.07, 6.45) is 5.76. The summed E-state index contributed by atoms with van der Waals surface area (Å²) < 4.78 is 5.61. The summed E-state index contributed by atoms with van der Waals surface area (Å²) in [6, 6.07) is 1.24. The van der Waals surface area contributed by atoms with E-state index in [2.05, 4.69) is 22.0 Å². The third-order valence-electron chi connectivity index (χ3n) is 3.17. The number of aromatic nitrogens is 2. The van der Waals surface area contributed by atoms with Crippen LogP contribution in [-0.4, -0.2) is 29.3 Å². The predicted octanol–water partition coefficient (Wildman–Crippen LogP) is 1.34. The average Bonchev–Trinajstić information content (AvgIpc) is 2.92. The maximum absolute atomic E-state index is 5.61. The Morgan fingerprint density at radius 3 is 2.75 bits per heavy atom. The van der Waals surface area contributed by atoms with Gasteiger partial charge in [0.1, 0.15) is 0 Å². The molecule has 0 aromatic carbocycles. The van der Waals surface area contributed by atoms with Crippen LogP contribution in [-0.2, 0) is 6.42 Å². The van der Waals surface area contributed by atoms with Crippen LogP contribution in [0, 0.1) is 0 Å². The molecule has 1 aromatic rings. The molecule has 0 saturated heterocycles. The van der Waals surface area contributed by atoms with Gasteiger partial charge >= 0.3 is 6.01 Å². The number of nitrogens with two attached hydrogens (primary N) is 1. The molecule has 1 saturated carbocycles. The highest BCUT2D eigenvalue weighted by Gasteiger charge is 2.25. The molecule has 1 heterocycles. The molecule has 0 atom stereocenters. The van der Waals surface area contributed by atoms with Gasteiger partial charge in [0.15, 0.2) is 0 Å². The number of hydrogen-bond donors (Lipinski definition) is 1. The first-order valence-corrected chi connectivity index (χ1v) is 6.14. The fourth-order valence-electron chi connectivity index (χ4n) is 2.35. The van der Waals surface area contributed by atoms with Crippen molar-refractivity contribution in [1.82, 2.24) is 10.2 Å². The van der Waals surface area contributed by atoms with Crippen molar-refractivity contribution in [3.8, 4) is 0 Å². The average molecular weight is 224 g/mol. The van der Waals surface area contributed by atoms with Crippen molar-refractivity contribution in [2.45, 2.75) is 45.1 Å². The van der Waals surface area contributed by atoms with Crippen molar-refractivity contribution in [2.24, 2.45) is 5.73 Å². The van der Waals surface area contributed by atoms with Crippen molar-refractivity contribution in [2.75, 3.05) is 18.0 Å². The monoisotopic (exact) mass is 224 g/mol. The van der Waals surface area contributed by atoms with Crippen LogP contribution in [0.1, 0.15) is 38.5 Å². The molecule has 0 amide bonds. The van der Waals surface area contributed by atoms with Crippen LogP contribution in [0.3, 0.4) is 0 Å². The molecule has 0 bridgehead atoms. The topological polar surface area (TPSA) is 68.2 Å². The first-order valence-electron chi connectivity index (χ1n) is 6.14. The summed E-state index contributed by atoms with van der Waals surface area (Å²) in [5.41, 5.74) is 5.46. The zero-order valence-electron chi connectivity index (χ0n) is 9.85. The second-order valence-corrected chi connectivity index (χ2v) is 4.24. The lowest BCUT2D eigenvalue weighted by molar-refractivity contribution is 0.463. The van der Waals surface area contributed by atoms with E-state index in [0.717, 1.165) is 6.54 Å². The van der Waals surface area contributed by atoms with Crippen LogP contribution in [0.4, 0.5) is 6.01 Å². The number of rotatable bonds is 5. The van der Waals surface area contributed by atoms with Gasteiger partial charge in [-0.25, -0.2) is 0 Å². The second-order valence-electron chi connectivity index (χ2n) is 4.24. The Balaban J connectivity index is 2.06. The van der Waals surface area contributed by atoms with Gasteiger partial charge in [-0.2, -0.15) is 0 Å². The summed E-state index contributed by atoms with van der Waals surface area (Å²) >= 11 is 0. The van der Waals surface area contributed by atoms with E-state index in [1.54, 1.807) is 0 Å². The van der Waals surface area contributed by atoms with Crippen LogP contribution in [0.2, 0.25) is 0 Å². The first-order chi connectivity index (χ1) is 7.85. The summed E-state index contributed by atoms with van der Waals surface area (Å²) in [5.74, 6) is 0.647. The first kappa shape index (κ1) is 11.4. The second kappa shape index (κ2) is 5.30. The Labute approximate surface area is 96.0 Å². The number of hydrogen-bond acceptors (Lipinski definition) is 5. The van der Waals surface area contributed by atoms with Gasteiger partial charge < -0.3 is 15.1 Å². The fraction of sp³-hybridized carbons (Fsp3) is 0.818. The van der Waals surface area contributed by atoms with E-state index in [0.29, 0.717) is 30.9 Å². The summed E-state index contributed by atoms with van der Waals surface area (Å²) in [7, 11) is 0. The van der Waals surface area contributed by atoms with Crippen LogP contribution in [0.25, 0.3) is 0 Å². The van der Waals surface area contributed by atoms with E-state index >= 15 is 0 Å². The lowest BCUT2D eigenvalue weighted by atomic mass is 10.2. The predicted molar refractivity (Wildman–Crippen MR) is 62.3 cm³/mol. The molecule has 1 fully saturated rings. The number of anilines is 1. The smallest absolute Gasteiger partial charge is 0.318 e. The molecule has 0 unspecified atom stereocenters. The maximum atomic E-state index is 5.61. The van der Waals surface area contributed by atoms with Crippen molar-refractivity contribution in [3.05, 3.63) is 5.89 Å². The summed E-state index contributed by atoms with van der Waals surface area (Å²) in [6.45, 7) is 3.61. The Hall–Kier alpha value is -1.10. The summed E-state index contributed by atoms with van der Waals surface area (Å²) in [4.78, 5) is 2.22. The van der Waals surface area contributed by atoms with Gasteiger partial charge in [0.05, 0.1) is 0 Å². The molecule has 1 aliphatic rings. The SMILES string of the molecule is CCN(c1nnc(CCN)o1)C1CCCC1. The van der Waals surface area contributed by atoms with Gasteiger partial charge in [-0.05, 0) is 19.8 Å². The minimum atomic E-state index is 0.553. The van der Waals surface area contributed by atoms with Crippen LogP contribution in [0.5, 0.6) is 0 Å². The number of nitrogens with zero attached hydrogens (tertiary/aromatic N) is 3. The van der Waals surface area contributed by atoms with Crippen LogP contribution < -0.4 is 10.6 Å². The van der Waals surface area contributed by atoms with E-state index in [1.807, 2.05) is 0 Å². The fourth-order valence-corrected chi connectivity index (χ4v) is 2.35. The molecule has 0 spiro atoms. The lowest BCUT2D eigenvalue weighted by Crippen LogP contribution is -2.33. The van der Waals surface area contributed by atoms with Crippen molar-refractivity contribution in [1.29, 1.82) is 0 Å². The molecule has 2 N–H and O–H groups in total. The normalized spacial score (nSPS) is 16.9. The van der Waals surface area contributed by atoms with Crippen molar-refractivity contribution < 1.29 is 4.42 Å². The molecule has 1 aliphatic carbocycles.